The van der Waals surface area contributed by atoms with Crippen LogP contribution in [-0.4, -0.2) is 21.2 Å². The van der Waals surface area contributed by atoms with Crippen molar-refractivity contribution in [3.63, 3.8) is 0 Å². The third kappa shape index (κ3) is 3.92. The van der Waals surface area contributed by atoms with E-state index in [2.05, 4.69) is 16.4 Å². The summed E-state index contributed by atoms with van der Waals surface area (Å²) in [7, 11) is 0. The summed E-state index contributed by atoms with van der Waals surface area (Å²) in [4.78, 5) is 17.2. The molecular weight excluding hydrogens is 404 g/mol. The molecule has 3 heterocycles. The van der Waals surface area contributed by atoms with Crippen molar-refractivity contribution >= 4 is 45.0 Å². The second-order valence-electron chi connectivity index (χ2n) is 6.50. The molecule has 0 fully saturated rings. The number of anilines is 1. The van der Waals surface area contributed by atoms with Crippen molar-refractivity contribution in [3.8, 4) is 6.07 Å². The average Bonchev–Trinajstić information content (AvgIpc) is 3.42. The van der Waals surface area contributed by atoms with Crippen LogP contribution in [0.4, 0.5) is 5.82 Å². The summed E-state index contributed by atoms with van der Waals surface area (Å²) in [5.74, 6) is 1.30. The maximum absolute atomic E-state index is 12.6. The third-order valence-electron chi connectivity index (χ3n) is 4.69. The van der Waals surface area contributed by atoms with Gasteiger partial charge in [-0.1, -0.05) is 23.9 Å². The molecule has 0 aliphatic heterocycles. The van der Waals surface area contributed by atoms with E-state index in [0.29, 0.717) is 17.9 Å². The van der Waals surface area contributed by atoms with Crippen molar-refractivity contribution in [1.82, 2.24) is 9.55 Å². The van der Waals surface area contributed by atoms with E-state index in [4.69, 9.17) is 4.42 Å². The van der Waals surface area contributed by atoms with Crippen molar-refractivity contribution in [2.75, 3.05) is 11.1 Å². The lowest BCUT2D eigenvalue weighted by Crippen LogP contribution is -2.18. The summed E-state index contributed by atoms with van der Waals surface area (Å²) in [6, 6.07) is 13.8. The monoisotopic (exact) mass is 422 g/mol. The molecule has 4 aromatic rings. The molecule has 0 bridgehead atoms. The van der Waals surface area contributed by atoms with Gasteiger partial charge in [-0.2, -0.15) is 5.26 Å². The molecule has 8 heteroatoms. The maximum Gasteiger partial charge on any atom is 0.235 e. The van der Waals surface area contributed by atoms with E-state index in [1.807, 2.05) is 54.8 Å². The number of hydrogen-bond acceptors (Lipinski definition) is 6. The molecular formula is C21H18N4O2S2. The highest BCUT2D eigenvalue weighted by molar-refractivity contribution is 8.01. The van der Waals surface area contributed by atoms with Crippen molar-refractivity contribution in [3.05, 3.63) is 65.2 Å². The molecule has 0 unspecified atom stereocenters. The first-order chi connectivity index (χ1) is 14.1. The van der Waals surface area contributed by atoms with Gasteiger partial charge in [0.2, 0.25) is 5.91 Å². The fourth-order valence-corrected chi connectivity index (χ4v) is 4.96. The highest BCUT2D eigenvalue weighted by Gasteiger charge is 2.20. The maximum atomic E-state index is 12.6. The van der Waals surface area contributed by atoms with Gasteiger partial charge in [-0.25, -0.2) is 4.98 Å². The van der Waals surface area contributed by atoms with Gasteiger partial charge in [-0.15, -0.1) is 11.3 Å². The summed E-state index contributed by atoms with van der Waals surface area (Å²) in [5.41, 5.74) is 3.19. The van der Waals surface area contributed by atoms with E-state index < -0.39 is 0 Å². The lowest BCUT2D eigenvalue weighted by molar-refractivity contribution is -0.113. The van der Waals surface area contributed by atoms with Crippen molar-refractivity contribution < 1.29 is 9.21 Å². The fourth-order valence-electron chi connectivity index (χ4n) is 3.09. The Morgan fingerprint density at radius 2 is 2.14 bits per heavy atom. The molecule has 1 aromatic carbocycles. The number of amides is 1. The minimum Gasteiger partial charge on any atom is -0.467 e. The van der Waals surface area contributed by atoms with Crippen LogP contribution in [0.2, 0.25) is 0 Å². The molecule has 29 heavy (non-hydrogen) atoms. The fraction of sp³-hybridized carbons (Fsp3) is 0.190. The minimum atomic E-state index is -0.177. The number of carbonyl (C=O) groups excluding carboxylic acids is 1. The SMILES string of the molecule is Cc1c(C#N)c(NC(=O)CSc2nc3ccccc3s2)n(Cc2ccco2)c1C. The van der Waals surface area contributed by atoms with E-state index in [1.165, 1.54) is 11.8 Å². The number of thioether (sulfide) groups is 1. The lowest BCUT2D eigenvalue weighted by Gasteiger charge is -2.11. The quantitative estimate of drug-likeness (QED) is 0.444. The Hall–Kier alpha value is -3.02. The lowest BCUT2D eigenvalue weighted by atomic mass is 10.2. The Morgan fingerprint density at radius 3 is 2.86 bits per heavy atom. The van der Waals surface area contributed by atoms with Crippen molar-refractivity contribution in [1.29, 1.82) is 5.26 Å². The molecule has 3 aromatic heterocycles. The molecule has 146 valence electrons. The second-order valence-corrected chi connectivity index (χ2v) is 8.75. The standard InChI is InChI=1S/C21H18N4O2S2/c1-13-14(2)25(11-15-6-5-9-27-15)20(16(13)10-22)24-19(26)12-28-21-23-17-7-3-4-8-18(17)29-21/h3-9H,11-12H2,1-2H3,(H,24,26). The van der Waals surface area contributed by atoms with Crippen molar-refractivity contribution in [2.45, 2.75) is 24.7 Å². The van der Waals surface area contributed by atoms with Gasteiger partial charge in [-0.3, -0.25) is 4.79 Å². The van der Waals surface area contributed by atoms with Gasteiger partial charge in [0.15, 0.2) is 4.34 Å². The van der Waals surface area contributed by atoms with Gasteiger partial charge in [-0.05, 0) is 43.7 Å². The Bertz CT molecular complexity index is 1180. The molecule has 0 spiro atoms. The molecule has 0 atom stereocenters. The van der Waals surface area contributed by atoms with Crippen LogP contribution in [-0.2, 0) is 11.3 Å². The van der Waals surface area contributed by atoms with Gasteiger partial charge in [0.05, 0.1) is 34.3 Å². The first-order valence-electron chi connectivity index (χ1n) is 8.97. The Kier molecular flexibility index (Phi) is 5.43. The van der Waals surface area contributed by atoms with Crippen LogP contribution < -0.4 is 5.32 Å². The summed E-state index contributed by atoms with van der Waals surface area (Å²) < 4.78 is 9.30. The third-order valence-corrected chi connectivity index (χ3v) is 6.87. The number of furan rings is 1. The number of fused-ring (bicyclic) bond motifs is 1. The number of nitrogens with zero attached hydrogens (tertiary/aromatic N) is 3. The van der Waals surface area contributed by atoms with E-state index in [-0.39, 0.29) is 11.7 Å². The summed E-state index contributed by atoms with van der Waals surface area (Å²) >= 11 is 2.96. The molecule has 4 rings (SSSR count). The molecule has 0 saturated heterocycles. The Labute approximate surface area is 176 Å². The number of hydrogen-bond donors (Lipinski definition) is 1. The number of thiazole rings is 1. The number of para-hydroxylation sites is 1. The topological polar surface area (TPSA) is 83.9 Å². The van der Waals surface area contributed by atoms with E-state index in [0.717, 1.165) is 31.6 Å². The van der Waals surface area contributed by atoms with Gasteiger partial charge in [0.1, 0.15) is 17.6 Å². The molecule has 1 N–H and O–H groups in total. The van der Waals surface area contributed by atoms with Crippen LogP contribution in [0.3, 0.4) is 0 Å². The largest absolute Gasteiger partial charge is 0.467 e. The second kappa shape index (κ2) is 8.15. The van der Waals surface area contributed by atoms with E-state index >= 15 is 0 Å². The summed E-state index contributed by atoms with van der Waals surface area (Å²) in [5, 5.41) is 12.5. The molecule has 0 saturated carbocycles. The number of benzene rings is 1. The predicted molar refractivity (Wildman–Crippen MR) is 115 cm³/mol. The normalized spacial score (nSPS) is 10.9. The van der Waals surface area contributed by atoms with Crippen LogP contribution in [0.1, 0.15) is 22.6 Å². The first-order valence-corrected chi connectivity index (χ1v) is 10.8. The van der Waals surface area contributed by atoms with E-state index in [1.54, 1.807) is 17.6 Å². The van der Waals surface area contributed by atoms with Crippen LogP contribution in [0, 0.1) is 25.2 Å². The van der Waals surface area contributed by atoms with Gasteiger partial charge < -0.3 is 14.3 Å². The number of aromatic nitrogens is 2. The highest BCUT2D eigenvalue weighted by Crippen LogP contribution is 2.30. The van der Waals surface area contributed by atoms with Crippen LogP contribution in [0.15, 0.2) is 51.4 Å². The molecule has 0 radical (unpaired) electrons. The molecule has 0 aliphatic carbocycles. The van der Waals surface area contributed by atoms with E-state index in [9.17, 15) is 10.1 Å². The van der Waals surface area contributed by atoms with Crippen molar-refractivity contribution in [2.24, 2.45) is 0 Å². The average molecular weight is 423 g/mol. The number of nitrogens with one attached hydrogen (secondary N) is 1. The van der Waals surface area contributed by atoms with Crippen LogP contribution in [0.25, 0.3) is 10.2 Å². The number of nitriles is 1. The zero-order valence-corrected chi connectivity index (χ0v) is 17.6. The summed E-state index contributed by atoms with van der Waals surface area (Å²) in [6.45, 7) is 4.27. The smallest absolute Gasteiger partial charge is 0.235 e. The van der Waals surface area contributed by atoms with Gasteiger partial charge >= 0.3 is 0 Å². The molecule has 6 nitrogen and oxygen atoms in total. The molecule has 0 aliphatic rings. The Balaban J connectivity index is 1.52. The van der Waals surface area contributed by atoms with Crippen LogP contribution >= 0.6 is 23.1 Å². The number of rotatable bonds is 6. The van der Waals surface area contributed by atoms with Gasteiger partial charge in [0, 0.05) is 5.69 Å². The zero-order chi connectivity index (χ0) is 20.4. The minimum absolute atomic E-state index is 0.177. The first kappa shape index (κ1) is 19.3. The zero-order valence-electron chi connectivity index (χ0n) is 15.9. The van der Waals surface area contributed by atoms with Crippen LogP contribution in [0.5, 0.6) is 0 Å². The number of carbonyl (C=O) groups is 1. The van der Waals surface area contributed by atoms with Gasteiger partial charge in [0.25, 0.3) is 0 Å². The molecule has 1 amide bonds. The Morgan fingerprint density at radius 1 is 1.31 bits per heavy atom. The predicted octanol–water partition coefficient (Wildman–Crippen LogP) is 4.96. The highest BCUT2D eigenvalue weighted by atomic mass is 32.2. The summed E-state index contributed by atoms with van der Waals surface area (Å²) in [6.07, 6.45) is 1.61.